The lowest BCUT2D eigenvalue weighted by molar-refractivity contribution is 0.102. The molecule has 0 spiro atoms. The lowest BCUT2D eigenvalue weighted by Gasteiger charge is -2.08. The second-order valence-corrected chi connectivity index (χ2v) is 6.51. The van der Waals surface area contributed by atoms with E-state index < -0.39 is 0 Å². The molecule has 1 amide bonds. The minimum absolute atomic E-state index is 0.0719. The molecule has 1 aromatic heterocycles. The van der Waals surface area contributed by atoms with E-state index in [0.29, 0.717) is 28.5 Å². The number of carbonyl (C=O) groups excluding carboxylic acids is 1. The third kappa shape index (κ3) is 3.79. The summed E-state index contributed by atoms with van der Waals surface area (Å²) in [5, 5.41) is 17.3. The largest absolute Gasteiger partial charge is 0.392 e. The molecule has 0 saturated heterocycles. The zero-order valence-electron chi connectivity index (χ0n) is 14.7. The molecule has 26 heavy (non-hydrogen) atoms. The molecule has 0 bridgehead atoms. The van der Waals surface area contributed by atoms with Gasteiger partial charge in [0, 0.05) is 16.4 Å². The van der Waals surface area contributed by atoms with Gasteiger partial charge >= 0.3 is 0 Å². The number of aliphatic hydroxyl groups excluding tert-OH is 1. The van der Waals surface area contributed by atoms with Crippen molar-refractivity contribution in [2.75, 3.05) is 5.32 Å². The number of benzene rings is 2. The Labute approximate surface area is 157 Å². The van der Waals surface area contributed by atoms with Gasteiger partial charge < -0.3 is 10.4 Å². The van der Waals surface area contributed by atoms with Gasteiger partial charge in [0.2, 0.25) is 0 Å². The molecule has 0 aliphatic carbocycles. The highest BCUT2D eigenvalue weighted by molar-refractivity contribution is 6.31. The molecule has 0 aliphatic rings. The van der Waals surface area contributed by atoms with Gasteiger partial charge in [-0.05, 0) is 43.2 Å². The summed E-state index contributed by atoms with van der Waals surface area (Å²) in [7, 11) is 0. The number of aryl methyl sites for hydroxylation is 1. The number of hydrogen-bond acceptors (Lipinski definition) is 3. The number of anilines is 1. The van der Waals surface area contributed by atoms with E-state index in [-0.39, 0.29) is 12.5 Å². The zero-order chi connectivity index (χ0) is 18.7. The topological polar surface area (TPSA) is 67.2 Å². The molecule has 3 rings (SSSR count). The fraction of sp³-hybridized carbons (Fsp3) is 0.200. The molecule has 0 aliphatic heterocycles. The Morgan fingerprint density at radius 2 is 1.96 bits per heavy atom. The van der Waals surface area contributed by atoms with Gasteiger partial charge in [-0.1, -0.05) is 41.9 Å². The van der Waals surface area contributed by atoms with E-state index in [1.165, 1.54) is 0 Å². The number of aromatic nitrogens is 2. The summed E-state index contributed by atoms with van der Waals surface area (Å²) in [5.41, 5.74) is 4.31. The number of nitrogens with zero attached hydrogens (tertiary/aromatic N) is 2. The molecule has 6 heteroatoms. The number of nitrogens with one attached hydrogen (secondary N) is 1. The first kappa shape index (κ1) is 18.2. The number of halogens is 1. The monoisotopic (exact) mass is 369 g/mol. The van der Waals surface area contributed by atoms with Gasteiger partial charge in [0.25, 0.3) is 5.91 Å². The first-order chi connectivity index (χ1) is 12.5. The summed E-state index contributed by atoms with van der Waals surface area (Å²) in [6.45, 7) is 4.11. The van der Waals surface area contributed by atoms with Crippen molar-refractivity contribution in [3.8, 4) is 0 Å². The summed E-state index contributed by atoms with van der Waals surface area (Å²) in [5.74, 6) is -0.222. The van der Waals surface area contributed by atoms with Crippen LogP contribution in [-0.2, 0) is 13.2 Å². The predicted octanol–water partition coefficient (Wildman–Crippen LogP) is 3.95. The van der Waals surface area contributed by atoms with Crippen molar-refractivity contribution in [2.24, 2.45) is 0 Å². The highest BCUT2D eigenvalue weighted by Crippen LogP contribution is 2.21. The minimum atomic E-state index is -0.222. The average Bonchev–Trinajstić information content (AvgIpc) is 2.90. The van der Waals surface area contributed by atoms with Crippen molar-refractivity contribution in [3.05, 3.63) is 81.6 Å². The molecule has 2 aromatic carbocycles. The molecule has 0 radical (unpaired) electrons. The van der Waals surface area contributed by atoms with Crippen molar-refractivity contribution < 1.29 is 9.90 Å². The summed E-state index contributed by atoms with van der Waals surface area (Å²) >= 11 is 6.23. The van der Waals surface area contributed by atoms with Gasteiger partial charge in [0.1, 0.15) is 0 Å². The van der Waals surface area contributed by atoms with E-state index in [1.807, 2.05) is 38.1 Å². The van der Waals surface area contributed by atoms with Crippen LogP contribution >= 0.6 is 11.6 Å². The van der Waals surface area contributed by atoms with Crippen molar-refractivity contribution >= 4 is 23.2 Å². The quantitative estimate of drug-likeness (QED) is 0.715. The summed E-state index contributed by atoms with van der Waals surface area (Å²) in [6, 6.07) is 14.7. The molecular formula is C20H20ClN3O2. The Kier molecular flexibility index (Phi) is 5.40. The molecule has 5 nitrogen and oxygen atoms in total. The first-order valence-electron chi connectivity index (χ1n) is 8.28. The Morgan fingerprint density at radius 3 is 2.69 bits per heavy atom. The fourth-order valence-electron chi connectivity index (χ4n) is 2.91. The second kappa shape index (κ2) is 7.72. The summed E-state index contributed by atoms with van der Waals surface area (Å²) < 4.78 is 1.79. The maximum absolute atomic E-state index is 12.7. The van der Waals surface area contributed by atoms with Crippen molar-refractivity contribution in [1.82, 2.24) is 9.78 Å². The average molecular weight is 370 g/mol. The van der Waals surface area contributed by atoms with Crippen LogP contribution in [0.5, 0.6) is 0 Å². The Morgan fingerprint density at radius 1 is 1.19 bits per heavy atom. The zero-order valence-corrected chi connectivity index (χ0v) is 15.4. The Hall–Kier alpha value is -2.63. The molecule has 0 unspecified atom stereocenters. The van der Waals surface area contributed by atoms with E-state index in [9.17, 15) is 9.90 Å². The standard InChI is InChI=1S/C20H20ClN3O2/c1-13-19(20(26)22-17-8-5-6-15(10-17)12-25)14(2)24(23-13)11-16-7-3-4-9-18(16)21/h3-10,25H,11-12H2,1-2H3,(H,22,26). The molecule has 3 aromatic rings. The summed E-state index contributed by atoms with van der Waals surface area (Å²) in [6.07, 6.45) is 0. The highest BCUT2D eigenvalue weighted by atomic mass is 35.5. The van der Waals surface area contributed by atoms with Crippen LogP contribution in [-0.4, -0.2) is 20.8 Å². The van der Waals surface area contributed by atoms with Gasteiger partial charge in [-0.3, -0.25) is 9.48 Å². The molecule has 0 fully saturated rings. The van der Waals surface area contributed by atoms with E-state index in [1.54, 1.807) is 28.9 Å². The normalized spacial score (nSPS) is 10.8. The molecule has 1 heterocycles. The van der Waals surface area contributed by atoms with Crippen LogP contribution in [0.1, 0.15) is 32.9 Å². The first-order valence-corrected chi connectivity index (χ1v) is 8.66. The third-order valence-electron chi connectivity index (χ3n) is 4.25. The highest BCUT2D eigenvalue weighted by Gasteiger charge is 2.19. The van der Waals surface area contributed by atoms with Gasteiger partial charge in [0.15, 0.2) is 0 Å². The lowest BCUT2D eigenvalue weighted by atomic mass is 10.1. The molecule has 0 atom stereocenters. The number of hydrogen-bond donors (Lipinski definition) is 2. The van der Waals surface area contributed by atoms with E-state index in [2.05, 4.69) is 10.4 Å². The number of rotatable bonds is 5. The van der Waals surface area contributed by atoms with Crippen LogP contribution in [0, 0.1) is 13.8 Å². The Bertz CT molecular complexity index is 950. The summed E-state index contributed by atoms with van der Waals surface area (Å²) in [4.78, 5) is 12.7. The predicted molar refractivity (Wildman–Crippen MR) is 103 cm³/mol. The van der Waals surface area contributed by atoms with Gasteiger partial charge in [-0.15, -0.1) is 0 Å². The van der Waals surface area contributed by atoms with Crippen molar-refractivity contribution in [1.29, 1.82) is 0 Å². The lowest BCUT2D eigenvalue weighted by Crippen LogP contribution is -2.14. The van der Waals surface area contributed by atoms with Crippen LogP contribution in [0.3, 0.4) is 0 Å². The number of aliphatic hydroxyl groups is 1. The van der Waals surface area contributed by atoms with E-state index in [0.717, 1.165) is 16.8 Å². The third-order valence-corrected chi connectivity index (χ3v) is 4.62. The SMILES string of the molecule is Cc1nn(Cc2ccccc2Cl)c(C)c1C(=O)Nc1cccc(CO)c1. The van der Waals surface area contributed by atoms with Crippen LogP contribution in [0.2, 0.25) is 5.02 Å². The van der Waals surface area contributed by atoms with Crippen LogP contribution in [0.15, 0.2) is 48.5 Å². The fourth-order valence-corrected chi connectivity index (χ4v) is 3.10. The van der Waals surface area contributed by atoms with Gasteiger partial charge in [-0.2, -0.15) is 5.10 Å². The van der Waals surface area contributed by atoms with Gasteiger partial charge in [-0.25, -0.2) is 0 Å². The molecule has 134 valence electrons. The van der Waals surface area contributed by atoms with E-state index >= 15 is 0 Å². The Balaban J connectivity index is 1.85. The van der Waals surface area contributed by atoms with Gasteiger partial charge in [0.05, 0.1) is 24.4 Å². The molecular weight excluding hydrogens is 350 g/mol. The number of carbonyl (C=O) groups is 1. The second-order valence-electron chi connectivity index (χ2n) is 6.11. The maximum atomic E-state index is 12.7. The number of amides is 1. The molecule has 0 saturated carbocycles. The minimum Gasteiger partial charge on any atom is -0.392 e. The molecule has 2 N–H and O–H groups in total. The van der Waals surface area contributed by atoms with Crippen LogP contribution < -0.4 is 5.32 Å². The van der Waals surface area contributed by atoms with Crippen molar-refractivity contribution in [2.45, 2.75) is 27.0 Å². The van der Waals surface area contributed by atoms with Crippen LogP contribution in [0.4, 0.5) is 5.69 Å². The van der Waals surface area contributed by atoms with Crippen molar-refractivity contribution in [3.63, 3.8) is 0 Å². The van der Waals surface area contributed by atoms with E-state index in [4.69, 9.17) is 11.6 Å². The smallest absolute Gasteiger partial charge is 0.259 e. The maximum Gasteiger partial charge on any atom is 0.259 e. The van der Waals surface area contributed by atoms with Crippen LogP contribution in [0.25, 0.3) is 0 Å².